The van der Waals surface area contributed by atoms with Crippen LogP contribution in [0.25, 0.3) is 0 Å². The standard InChI is InChI=1S/C15H25N3O4S3/c19-12(16-6-8-25-24-7-5-13(20)21)4-2-1-3-11-14-10(9-23-11)17-15(22)18-14/h10-11,14H,1-9H2,(H,16,19)(H,20,21)(H2,17,18,22)/t10-,11-,14+/m0/s1. The average Bonchev–Trinajstić information content (AvgIpc) is 3.10. The molecule has 2 fully saturated rings. The molecule has 7 nitrogen and oxygen atoms in total. The van der Waals surface area contributed by atoms with Crippen LogP contribution in [0.15, 0.2) is 0 Å². The van der Waals surface area contributed by atoms with Crippen LogP contribution in [-0.4, -0.2) is 64.2 Å². The average molecular weight is 408 g/mol. The molecule has 0 saturated carbocycles. The van der Waals surface area contributed by atoms with Crippen molar-refractivity contribution in [2.75, 3.05) is 23.8 Å². The fourth-order valence-corrected chi connectivity index (χ4v) is 6.27. The zero-order valence-electron chi connectivity index (χ0n) is 14.0. The summed E-state index contributed by atoms with van der Waals surface area (Å²) in [5, 5.41) is 17.8. The fourth-order valence-electron chi connectivity index (χ4n) is 2.84. The van der Waals surface area contributed by atoms with Gasteiger partial charge in [0.05, 0.1) is 18.5 Å². The number of hydrogen-bond donors (Lipinski definition) is 4. The summed E-state index contributed by atoms with van der Waals surface area (Å²) in [6.45, 7) is 0.615. The minimum absolute atomic E-state index is 0.0568. The van der Waals surface area contributed by atoms with Crippen molar-refractivity contribution in [1.82, 2.24) is 16.0 Å². The molecule has 0 spiro atoms. The molecule has 0 aromatic carbocycles. The molecule has 0 unspecified atom stereocenters. The van der Waals surface area contributed by atoms with Crippen molar-refractivity contribution >= 4 is 51.3 Å². The van der Waals surface area contributed by atoms with Crippen molar-refractivity contribution in [3.8, 4) is 0 Å². The van der Waals surface area contributed by atoms with Crippen molar-refractivity contribution < 1.29 is 19.5 Å². The molecule has 0 aromatic rings. The smallest absolute Gasteiger partial charge is 0.315 e. The van der Waals surface area contributed by atoms with E-state index in [1.165, 1.54) is 10.8 Å². The van der Waals surface area contributed by atoms with Crippen LogP contribution in [0.2, 0.25) is 0 Å². The molecule has 142 valence electrons. The summed E-state index contributed by atoms with van der Waals surface area (Å²) < 4.78 is 0. The first-order valence-corrected chi connectivity index (χ1v) is 12.0. The molecule has 0 aromatic heterocycles. The largest absolute Gasteiger partial charge is 0.481 e. The molecule has 2 saturated heterocycles. The van der Waals surface area contributed by atoms with E-state index >= 15 is 0 Å². The third-order valence-corrected chi connectivity index (χ3v) is 7.99. The Morgan fingerprint density at radius 1 is 1.20 bits per heavy atom. The van der Waals surface area contributed by atoms with Gasteiger partial charge >= 0.3 is 12.0 Å². The van der Waals surface area contributed by atoms with Crippen LogP contribution in [0.3, 0.4) is 0 Å². The lowest BCUT2D eigenvalue weighted by atomic mass is 10.0. The Balaban J connectivity index is 1.42. The first-order chi connectivity index (χ1) is 12.1. The molecule has 0 bridgehead atoms. The Labute approximate surface area is 160 Å². The number of aliphatic carboxylic acids is 1. The molecule has 3 atom stereocenters. The second-order valence-corrected chi connectivity index (χ2v) is 9.98. The number of carboxylic acid groups (broad SMARTS) is 1. The molecule has 2 aliphatic rings. The summed E-state index contributed by atoms with van der Waals surface area (Å²) in [7, 11) is 3.11. The first kappa shape index (κ1) is 20.6. The third-order valence-electron chi connectivity index (χ3n) is 4.07. The number of amides is 3. The summed E-state index contributed by atoms with van der Waals surface area (Å²) in [4.78, 5) is 33.4. The monoisotopic (exact) mass is 407 g/mol. The summed E-state index contributed by atoms with van der Waals surface area (Å²) in [5.41, 5.74) is 0. The molecule has 0 radical (unpaired) electrons. The SMILES string of the molecule is O=C(O)CCSSCCNC(=O)CCCC[C@@H]1SC[C@@H]2NC(=O)N[C@H]21. The van der Waals surface area contributed by atoms with Gasteiger partial charge in [-0.1, -0.05) is 28.0 Å². The predicted octanol–water partition coefficient (Wildman–Crippen LogP) is 1.68. The van der Waals surface area contributed by atoms with Crippen LogP contribution >= 0.6 is 33.3 Å². The number of thioether (sulfide) groups is 1. The molecule has 4 N–H and O–H groups in total. The van der Waals surface area contributed by atoms with Crippen molar-refractivity contribution in [3.05, 3.63) is 0 Å². The van der Waals surface area contributed by atoms with Crippen molar-refractivity contribution in [3.63, 3.8) is 0 Å². The van der Waals surface area contributed by atoms with Gasteiger partial charge in [-0.05, 0) is 12.8 Å². The van der Waals surface area contributed by atoms with Gasteiger partial charge in [-0.15, -0.1) is 0 Å². The Morgan fingerprint density at radius 2 is 2.00 bits per heavy atom. The van der Waals surface area contributed by atoms with Crippen molar-refractivity contribution in [2.24, 2.45) is 0 Å². The minimum atomic E-state index is -0.778. The van der Waals surface area contributed by atoms with Crippen LogP contribution in [0.4, 0.5) is 4.79 Å². The summed E-state index contributed by atoms with van der Waals surface area (Å²) in [6.07, 6.45) is 3.58. The van der Waals surface area contributed by atoms with E-state index in [9.17, 15) is 14.4 Å². The summed E-state index contributed by atoms with van der Waals surface area (Å²) in [5.74, 6) is 1.63. The highest BCUT2D eigenvalue weighted by atomic mass is 33.1. The number of carbonyl (C=O) groups is 3. The van der Waals surface area contributed by atoms with Gasteiger partial charge in [-0.25, -0.2) is 4.79 Å². The Morgan fingerprint density at radius 3 is 2.80 bits per heavy atom. The molecular formula is C15H25N3O4S3. The highest BCUT2D eigenvalue weighted by molar-refractivity contribution is 8.76. The number of carboxylic acids is 1. The Hall–Kier alpha value is -0.740. The molecule has 2 heterocycles. The lowest BCUT2D eigenvalue weighted by molar-refractivity contribution is -0.136. The molecule has 2 rings (SSSR count). The Kier molecular flexibility index (Phi) is 9.11. The number of rotatable bonds is 12. The van der Waals surface area contributed by atoms with Gasteiger partial charge in [-0.3, -0.25) is 9.59 Å². The molecule has 3 amide bonds. The van der Waals surface area contributed by atoms with E-state index in [-0.39, 0.29) is 30.4 Å². The van der Waals surface area contributed by atoms with E-state index in [0.717, 1.165) is 30.8 Å². The van der Waals surface area contributed by atoms with Gasteiger partial charge in [0.1, 0.15) is 0 Å². The van der Waals surface area contributed by atoms with Crippen molar-refractivity contribution in [1.29, 1.82) is 0 Å². The zero-order chi connectivity index (χ0) is 18.1. The van der Waals surface area contributed by atoms with E-state index in [0.29, 0.717) is 24.0 Å². The number of fused-ring (bicyclic) bond motifs is 1. The predicted molar refractivity (Wildman–Crippen MR) is 104 cm³/mol. The normalized spacial score (nSPS) is 24.5. The van der Waals surface area contributed by atoms with Crippen LogP contribution in [0.1, 0.15) is 32.1 Å². The lowest BCUT2D eigenvalue weighted by Crippen LogP contribution is -2.36. The van der Waals surface area contributed by atoms with Crippen LogP contribution in [0.5, 0.6) is 0 Å². The quantitative estimate of drug-likeness (QED) is 0.221. The van der Waals surface area contributed by atoms with Gasteiger partial charge < -0.3 is 21.1 Å². The topological polar surface area (TPSA) is 108 Å². The molecule has 0 aliphatic carbocycles. The Bertz CT molecular complexity index is 481. The maximum absolute atomic E-state index is 11.8. The number of urea groups is 1. The second kappa shape index (κ2) is 11.1. The van der Waals surface area contributed by atoms with E-state index < -0.39 is 5.97 Å². The number of nitrogens with one attached hydrogen (secondary N) is 3. The zero-order valence-corrected chi connectivity index (χ0v) is 16.4. The van der Waals surface area contributed by atoms with E-state index in [1.54, 1.807) is 10.8 Å². The van der Waals surface area contributed by atoms with E-state index in [4.69, 9.17) is 5.11 Å². The van der Waals surface area contributed by atoms with Crippen molar-refractivity contribution in [2.45, 2.75) is 49.4 Å². The van der Waals surface area contributed by atoms with E-state index in [1.807, 2.05) is 11.8 Å². The second-order valence-electron chi connectivity index (χ2n) is 6.01. The molecule has 10 heteroatoms. The van der Waals surface area contributed by atoms with Crippen LogP contribution in [-0.2, 0) is 9.59 Å². The molecule has 25 heavy (non-hydrogen) atoms. The van der Waals surface area contributed by atoms with Crippen LogP contribution in [0, 0.1) is 0 Å². The highest BCUT2D eigenvalue weighted by Gasteiger charge is 2.42. The number of unbranched alkanes of at least 4 members (excludes halogenated alkanes) is 1. The highest BCUT2D eigenvalue weighted by Crippen LogP contribution is 2.33. The van der Waals surface area contributed by atoms with Gasteiger partial charge in [0.2, 0.25) is 5.91 Å². The molecular weight excluding hydrogens is 382 g/mol. The lowest BCUT2D eigenvalue weighted by Gasteiger charge is -2.16. The van der Waals surface area contributed by atoms with Gasteiger partial charge in [0.15, 0.2) is 0 Å². The van der Waals surface area contributed by atoms with E-state index in [2.05, 4.69) is 16.0 Å². The number of hydrogen-bond acceptors (Lipinski definition) is 6. The summed E-state index contributed by atoms with van der Waals surface area (Å²) in [6, 6.07) is 0.442. The van der Waals surface area contributed by atoms with Gasteiger partial charge in [0, 0.05) is 35.5 Å². The number of carbonyl (C=O) groups excluding carboxylic acids is 2. The summed E-state index contributed by atoms with van der Waals surface area (Å²) >= 11 is 1.90. The van der Waals surface area contributed by atoms with Crippen LogP contribution < -0.4 is 16.0 Å². The fraction of sp³-hybridized carbons (Fsp3) is 0.800. The molecule has 2 aliphatic heterocycles. The first-order valence-electron chi connectivity index (χ1n) is 8.48. The third kappa shape index (κ3) is 7.57. The maximum atomic E-state index is 11.8. The van der Waals surface area contributed by atoms with Gasteiger partial charge in [-0.2, -0.15) is 11.8 Å². The maximum Gasteiger partial charge on any atom is 0.315 e. The van der Waals surface area contributed by atoms with Gasteiger partial charge in [0.25, 0.3) is 0 Å². The minimum Gasteiger partial charge on any atom is -0.481 e.